The van der Waals surface area contributed by atoms with Crippen LogP contribution in [-0.2, 0) is 11.2 Å². The molecule has 5 heteroatoms. The fraction of sp³-hybridized carbons (Fsp3) is 0.133. The number of imidazole rings is 1. The first kappa shape index (κ1) is 22.9. The summed E-state index contributed by atoms with van der Waals surface area (Å²) in [4.78, 5) is 17.8. The third-order valence-corrected chi connectivity index (χ3v) is 6.55. The van der Waals surface area contributed by atoms with Gasteiger partial charge in [0, 0.05) is 28.8 Å². The second-order valence-electron chi connectivity index (χ2n) is 8.60. The molecule has 0 spiro atoms. The van der Waals surface area contributed by atoms with Crippen LogP contribution in [0.2, 0.25) is 5.02 Å². The number of rotatable bonds is 7. The molecule has 0 bridgehead atoms. The Bertz CT molecular complexity index is 1460. The Morgan fingerprint density at radius 3 is 2.31 bits per heavy atom. The molecule has 0 saturated carbocycles. The normalized spacial score (nSPS) is 11.9. The lowest BCUT2D eigenvalue weighted by Crippen LogP contribution is -2.26. The van der Waals surface area contributed by atoms with Crippen molar-refractivity contribution in [1.29, 1.82) is 0 Å². The Balaban J connectivity index is 1.47. The highest BCUT2D eigenvalue weighted by Gasteiger charge is 2.17. The lowest BCUT2D eigenvalue weighted by molar-refractivity contribution is -0.121. The summed E-state index contributed by atoms with van der Waals surface area (Å²) >= 11 is 6.47. The largest absolute Gasteiger partial charge is 0.350 e. The molecule has 2 aromatic heterocycles. The van der Waals surface area contributed by atoms with Gasteiger partial charge < -0.3 is 9.72 Å². The Kier molecular flexibility index (Phi) is 6.64. The molecular formula is C30H26ClN3O. The van der Waals surface area contributed by atoms with Gasteiger partial charge in [0.05, 0.1) is 17.4 Å². The summed E-state index contributed by atoms with van der Waals surface area (Å²) in [5.41, 5.74) is 6.82. The first-order valence-corrected chi connectivity index (χ1v) is 12.1. The van der Waals surface area contributed by atoms with Crippen LogP contribution >= 0.6 is 11.6 Å². The number of hydrogen-bond acceptors (Lipinski definition) is 2. The number of fused-ring (bicyclic) bond motifs is 1. The Morgan fingerprint density at radius 2 is 1.57 bits per heavy atom. The van der Waals surface area contributed by atoms with E-state index in [0.717, 1.165) is 39.3 Å². The van der Waals surface area contributed by atoms with Crippen LogP contribution in [0.15, 0.2) is 103 Å². The molecule has 0 aliphatic carbocycles. The Morgan fingerprint density at radius 1 is 0.886 bits per heavy atom. The van der Waals surface area contributed by atoms with Gasteiger partial charge in [-0.25, -0.2) is 4.98 Å². The Hall–Kier alpha value is -3.89. The molecule has 0 aliphatic heterocycles. The molecule has 1 amide bonds. The number of halogens is 1. The maximum Gasteiger partial charge on any atom is 0.220 e. The summed E-state index contributed by atoms with van der Waals surface area (Å²) in [6.45, 7) is 2.01. The van der Waals surface area contributed by atoms with Gasteiger partial charge in [-0.05, 0) is 42.7 Å². The number of benzene rings is 3. The van der Waals surface area contributed by atoms with Gasteiger partial charge >= 0.3 is 0 Å². The molecule has 3 aromatic carbocycles. The summed E-state index contributed by atoms with van der Waals surface area (Å²) in [7, 11) is 0. The highest BCUT2D eigenvalue weighted by molar-refractivity contribution is 6.33. The first-order valence-electron chi connectivity index (χ1n) is 11.8. The monoisotopic (exact) mass is 479 g/mol. The van der Waals surface area contributed by atoms with Crippen molar-refractivity contribution in [1.82, 2.24) is 14.7 Å². The fourth-order valence-electron chi connectivity index (χ4n) is 4.38. The molecule has 0 saturated heterocycles. The number of nitrogens with one attached hydrogen (secondary N) is 1. The van der Waals surface area contributed by atoms with Gasteiger partial charge in [-0.1, -0.05) is 90.5 Å². The number of carbonyl (C=O) groups is 1. The highest BCUT2D eigenvalue weighted by Crippen LogP contribution is 2.31. The van der Waals surface area contributed by atoms with Gasteiger partial charge in [-0.3, -0.25) is 4.79 Å². The average molecular weight is 480 g/mol. The fourth-order valence-corrected chi connectivity index (χ4v) is 4.63. The number of aryl methyl sites for hydroxylation is 1. The van der Waals surface area contributed by atoms with Crippen molar-refractivity contribution < 1.29 is 4.79 Å². The number of nitrogens with zero attached hydrogens (tertiary/aromatic N) is 2. The molecule has 0 unspecified atom stereocenters. The second-order valence-corrected chi connectivity index (χ2v) is 9.01. The molecule has 0 radical (unpaired) electrons. The van der Waals surface area contributed by atoms with Crippen LogP contribution < -0.4 is 5.32 Å². The van der Waals surface area contributed by atoms with E-state index in [4.69, 9.17) is 16.6 Å². The molecule has 5 aromatic rings. The SMILES string of the molecule is C[C@H](NC(=O)CCc1c(-c2ccccc2)nc2ccc(-c3ccccc3Cl)cn12)c1ccccc1. The molecule has 5 rings (SSSR count). The van der Waals surface area contributed by atoms with Crippen molar-refractivity contribution in [2.24, 2.45) is 0 Å². The third kappa shape index (κ3) is 4.98. The van der Waals surface area contributed by atoms with E-state index < -0.39 is 0 Å². The van der Waals surface area contributed by atoms with Crippen LogP contribution in [0.5, 0.6) is 0 Å². The van der Waals surface area contributed by atoms with Gasteiger partial charge in [0.25, 0.3) is 0 Å². The number of pyridine rings is 1. The number of hydrogen-bond donors (Lipinski definition) is 1. The summed E-state index contributed by atoms with van der Waals surface area (Å²) in [6.07, 6.45) is 2.99. The van der Waals surface area contributed by atoms with E-state index in [1.165, 1.54) is 0 Å². The van der Waals surface area contributed by atoms with Gasteiger partial charge in [0.1, 0.15) is 5.65 Å². The summed E-state index contributed by atoms with van der Waals surface area (Å²) in [5, 5.41) is 3.82. The summed E-state index contributed by atoms with van der Waals surface area (Å²) in [6, 6.07) is 31.9. The lowest BCUT2D eigenvalue weighted by atomic mass is 10.1. The molecule has 174 valence electrons. The molecule has 35 heavy (non-hydrogen) atoms. The predicted octanol–water partition coefficient (Wildman–Crippen LogP) is 7.13. The summed E-state index contributed by atoms with van der Waals surface area (Å²) in [5.74, 6) is 0.0116. The van der Waals surface area contributed by atoms with Gasteiger partial charge in [0.2, 0.25) is 5.91 Å². The van der Waals surface area contributed by atoms with Crippen molar-refractivity contribution >= 4 is 23.2 Å². The standard InChI is InChI=1S/C30H26ClN3O/c1-21(22-10-4-2-5-11-22)32-29(35)19-17-27-30(23-12-6-3-7-13-23)33-28-18-16-24(20-34(27)28)25-14-8-9-15-26(25)31/h2-16,18,20-21H,17,19H2,1H3,(H,32,35)/t21-/m0/s1. The van der Waals surface area contributed by atoms with Crippen LogP contribution in [0, 0.1) is 0 Å². The van der Waals surface area contributed by atoms with E-state index in [1.807, 2.05) is 91.9 Å². The van der Waals surface area contributed by atoms with Crippen molar-refractivity contribution in [3.63, 3.8) is 0 Å². The first-order chi connectivity index (χ1) is 17.1. The molecule has 0 aliphatic rings. The quantitative estimate of drug-likeness (QED) is 0.270. The number of amides is 1. The van der Waals surface area contributed by atoms with Gasteiger partial charge in [-0.15, -0.1) is 0 Å². The molecule has 1 N–H and O–H groups in total. The third-order valence-electron chi connectivity index (χ3n) is 6.22. The topological polar surface area (TPSA) is 46.4 Å². The van der Waals surface area contributed by atoms with Crippen molar-refractivity contribution in [3.05, 3.63) is 120 Å². The maximum absolute atomic E-state index is 12.9. The highest BCUT2D eigenvalue weighted by atomic mass is 35.5. The minimum atomic E-state index is -0.0497. The minimum Gasteiger partial charge on any atom is -0.350 e. The van der Waals surface area contributed by atoms with Crippen LogP contribution in [-0.4, -0.2) is 15.3 Å². The predicted molar refractivity (Wildman–Crippen MR) is 142 cm³/mol. The molecule has 1 atom stereocenters. The number of carbonyl (C=O) groups excluding carboxylic acids is 1. The molecular weight excluding hydrogens is 454 g/mol. The lowest BCUT2D eigenvalue weighted by Gasteiger charge is -2.14. The van der Waals surface area contributed by atoms with Crippen molar-refractivity contribution in [2.75, 3.05) is 0 Å². The van der Waals surface area contributed by atoms with E-state index in [2.05, 4.69) is 28.0 Å². The van der Waals surface area contributed by atoms with E-state index >= 15 is 0 Å². The van der Waals surface area contributed by atoms with Crippen LogP contribution in [0.25, 0.3) is 28.0 Å². The second kappa shape index (κ2) is 10.2. The van der Waals surface area contributed by atoms with Crippen molar-refractivity contribution in [3.8, 4) is 22.4 Å². The van der Waals surface area contributed by atoms with E-state index in [0.29, 0.717) is 17.9 Å². The zero-order valence-electron chi connectivity index (χ0n) is 19.5. The maximum atomic E-state index is 12.9. The van der Waals surface area contributed by atoms with E-state index in [-0.39, 0.29) is 11.9 Å². The summed E-state index contributed by atoms with van der Waals surface area (Å²) < 4.78 is 2.09. The van der Waals surface area contributed by atoms with E-state index in [1.54, 1.807) is 0 Å². The zero-order chi connectivity index (χ0) is 24.2. The van der Waals surface area contributed by atoms with Crippen LogP contribution in [0.1, 0.15) is 30.6 Å². The average Bonchev–Trinajstić information content (AvgIpc) is 3.26. The smallest absolute Gasteiger partial charge is 0.220 e. The van der Waals surface area contributed by atoms with Crippen LogP contribution in [0.3, 0.4) is 0 Å². The molecule has 4 nitrogen and oxygen atoms in total. The molecule has 2 heterocycles. The Labute approximate surface area is 210 Å². The minimum absolute atomic E-state index is 0.0116. The van der Waals surface area contributed by atoms with Crippen LogP contribution in [0.4, 0.5) is 0 Å². The number of aromatic nitrogens is 2. The van der Waals surface area contributed by atoms with Gasteiger partial charge in [-0.2, -0.15) is 0 Å². The van der Waals surface area contributed by atoms with Gasteiger partial charge in [0.15, 0.2) is 0 Å². The zero-order valence-corrected chi connectivity index (χ0v) is 20.2. The van der Waals surface area contributed by atoms with E-state index in [9.17, 15) is 4.79 Å². The molecule has 0 fully saturated rings. The van der Waals surface area contributed by atoms with Crippen molar-refractivity contribution in [2.45, 2.75) is 25.8 Å².